The summed E-state index contributed by atoms with van der Waals surface area (Å²) in [6.07, 6.45) is 0.532. The Kier molecular flexibility index (Phi) is 4.10. The van der Waals surface area contributed by atoms with Crippen molar-refractivity contribution in [2.45, 2.75) is 13.3 Å². The molecule has 0 bridgehead atoms. The van der Waals surface area contributed by atoms with Crippen LogP contribution < -0.4 is 10.6 Å². The van der Waals surface area contributed by atoms with Crippen LogP contribution in [-0.2, 0) is 9.59 Å². The van der Waals surface area contributed by atoms with Crippen LogP contribution in [0, 0.1) is 24.6 Å². The Bertz CT molecular complexity index is 743. The van der Waals surface area contributed by atoms with Gasteiger partial charge in [-0.3, -0.25) is 9.59 Å². The molecule has 2 unspecified atom stereocenters. The molecule has 0 aromatic heterocycles. The first kappa shape index (κ1) is 15.2. The van der Waals surface area contributed by atoms with Crippen LogP contribution in [0.3, 0.4) is 0 Å². The Balaban J connectivity index is 1.55. The third-order valence-electron chi connectivity index (χ3n) is 3.86. The first-order valence-electron chi connectivity index (χ1n) is 7.47. The average molecular weight is 312 g/mol. The van der Waals surface area contributed by atoms with Crippen LogP contribution >= 0.6 is 0 Å². The number of carbonyl (C=O) groups is 2. The molecule has 2 aromatic rings. The van der Waals surface area contributed by atoms with E-state index in [0.29, 0.717) is 12.1 Å². The molecular weight excluding hydrogens is 295 g/mol. The van der Waals surface area contributed by atoms with Gasteiger partial charge in [0.2, 0.25) is 11.8 Å². The lowest BCUT2D eigenvalue weighted by molar-refractivity contribution is -0.122. The first-order valence-corrected chi connectivity index (χ1v) is 7.47. The highest BCUT2D eigenvalue weighted by molar-refractivity contribution is 6.03. The standard InChI is InChI=1S/C18H17FN2O2/c1-11-3-2-4-14(9-11)21-18(23)16-10-15(16)17(22)20-13-7-5-12(19)6-8-13/h2-9,15-16H,10H2,1H3,(H,20,22)(H,21,23). The third-order valence-corrected chi connectivity index (χ3v) is 3.86. The van der Waals surface area contributed by atoms with Crippen LogP contribution in [0.5, 0.6) is 0 Å². The minimum atomic E-state index is -0.357. The number of hydrogen-bond acceptors (Lipinski definition) is 2. The van der Waals surface area contributed by atoms with E-state index in [1.54, 1.807) is 0 Å². The molecule has 5 heteroatoms. The summed E-state index contributed by atoms with van der Waals surface area (Å²) >= 11 is 0. The quantitative estimate of drug-likeness (QED) is 0.909. The van der Waals surface area contributed by atoms with E-state index in [1.807, 2.05) is 31.2 Å². The van der Waals surface area contributed by atoms with E-state index >= 15 is 0 Å². The number of anilines is 2. The van der Waals surface area contributed by atoms with E-state index < -0.39 is 0 Å². The molecule has 2 aromatic carbocycles. The van der Waals surface area contributed by atoms with Crippen molar-refractivity contribution in [2.24, 2.45) is 11.8 Å². The summed E-state index contributed by atoms with van der Waals surface area (Å²) in [5.41, 5.74) is 2.32. The van der Waals surface area contributed by atoms with Gasteiger partial charge in [-0.05, 0) is 55.3 Å². The van der Waals surface area contributed by atoms with Crippen molar-refractivity contribution in [1.82, 2.24) is 0 Å². The summed E-state index contributed by atoms with van der Waals surface area (Å²) < 4.78 is 12.8. The Morgan fingerprint density at radius 1 is 0.957 bits per heavy atom. The van der Waals surface area contributed by atoms with Crippen LogP contribution in [0.4, 0.5) is 15.8 Å². The van der Waals surface area contributed by atoms with Gasteiger partial charge in [0.15, 0.2) is 0 Å². The normalized spacial score (nSPS) is 19.0. The minimum absolute atomic E-state index is 0.144. The Labute approximate surface area is 133 Å². The summed E-state index contributed by atoms with van der Waals surface area (Å²) in [5.74, 6) is -1.35. The van der Waals surface area contributed by atoms with Crippen molar-refractivity contribution in [3.8, 4) is 0 Å². The van der Waals surface area contributed by atoms with Crippen molar-refractivity contribution in [3.05, 3.63) is 59.9 Å². The van der Waals surface area contributed by atoms with Crippen LogP contribution in [0.15, 0.2) is 48.5 Å². The molecule has 1 aliphatic rings. The van der Waals surface area contributed by atoms with Crippen molar-refractivity contribution in [3.63, 3.8) is 0 Å². The number of nitrogens with one attached hydrogen (secondary N) is 2. The van der Waals surface area contributed by atoms with Gasteiger partial charge in [0.05, 0.1) is 11.8 Å². The highest BCUT2D eigenvalue weighted by atomic mass is 19.1. The van der Waals surface area contributed by atoms with E-state index in [0.717, 1.165) is 11.3 Å². The van der Waals surface area contributed by atoms with Crippen molar-refractivity contribution in [1.29, 1.82) is 0 Å². The van der Waals surface area contributed by atoms with Crippen LogP contribution in [0.2, 0.25) is 0 Å². The number of amides is 2. The van der Waals surface area contributed by atoms with Crippen LogP contribution in [0.1, 0.15) is 12.0 Å². The molecule has 2 atom stereocenters. The molecule has 0 spiro atoms. The summed E-state index contributed by atoms with van der Waals surface area (Å²) in [4.78, 5) is 24.3. The fourth-order valence-corrected chi connectivity index (χ4v) is 2.50. The third kappa shape index (κ3) is 3.74. The zero-order valence-corrected chi connectivity index (χ0v) is 12.7. The van der Waals surface area contributed by atoms with Crippen molar-refractivity contribution < 1.29 is 14.0 Å². The lowest BCUT2D eigenvalue weighted by Gasteiger charge is -2.06. The molecule has 0 heterocycles. The molecule has 118 valence electrons. The van der Waals surface area contributed by atoms with Gasteiger partial charge in [0, 0.05) is 11.4 Å². The molecular formula is C18H17FN2O2. The minimum Gasteiger partial charge on any atom is -0.326 e. The number of hydrogen-bond donors (Lipinski definition) is 2. The first-order chi connectivity index (χ1) is 11.0. The lowest BCUT2D eigenvalue weighted by atomic mass is 10.2. The number of rotatable bonds is 4. The van der Waals surface area contributed by atoms with Crippen molar-refractivity contribution >= 4 is 23.2 Å². The molecule has 3 rings (SSSR count). The predicted molar refractivity (Wildman–Crippen MR) is 86.4 cm³/mol. The second-order valence-corrected chi connectivity index (χ2v) is 5.80. The molecule has 4 nitrogen and oxygen atoms in total. The fraction of sp³-hybridized carbons (Fsp3) is 0.222. The van der Waals surface area contributed by atoms with E-state index in [1.165, 1.54) is 24.3 Å². The Hall–Kier alpha value is -2.69. The number of benzene rings is 2. The maximum absolute atomic E-state index is 12.8. The maximum Gasteiger partial charge on any atom is 0.228 e. The fourth-order valence-electron chi connectivity index (χ4n) is 2.50. The zero-order valence-electron chi connectivity index (χ0n) is 12.7. The molecule has 0 radical (unpaired) electrons. The van der Waals surface area contributed by atoms with E-state index in [9.17, 15) is 14.0 Å². The summed E-state index contributed by atoms with van der Waals surface area (Å²) in [6, 6.07) is 13.1. The average Bonchev–Trinajstić information content (AvgIpc) is 3.30. The van der Waals surface area contributed by atoms with Gasteiger partial charge in [0.1, 0.15) is 5.82 Å². The number of halogens is 1. The summed E-state index contributed by atoms with van der Waals surface area (Å²) in [5, 5.41) is 5.54. The molecule has 2 amide bonds. The van der Waals surface area contributed by atoms with E-state index in [-0.39, 0.29) is 29.5 Å². The second kappa shape index (κ2) is 6.20. The molecule has 0 aliphatic heterocycles. The highest BCUT2D eigenvalue weighted by Crippen LogP contribution is 2.40. The number of carbonyl (C=O) groups excluding carboxylic acids is 2. The lowest BCUT2D eigenvalue weighted by Crippen LogP contribution is -2.20. The maximum atomic E-state index is 12.8. The Morgan fingerprint density at radius 2 is 1.57 bits per heavy atom. The van der Waals surface area contributed by atoms with Gasteiger partial charge in [-0.1, -0.05) is 12.1 Å². The molecule has 1 saturated carbocycles. The molecule has 2 N–H and O–H groups in total. The molecule has 23 heavy (non-hydrogen) atoms. The van der Waals surface area contributed by atoms with Crippen molar-refractivity contribution in [2.75, 3.05) is 10.6 Å². The zero-order chi connectivity index (χ0) is 16.4. The van der Waals surface area contributed by atoms with Gasteiger partial charge >= 0.3 is 0 Å². The molecule has 1 aliphatic carbocycles. The van der Waals surface area contributed by atoms with Gasteiger partial charge in [-0.25, -0.2) is 4.39 Å². The van der Waals surface area contributed by atoms with E-state index in [2.05, 4.69) is 10.6 Å². The SMILES string of the molecule is Cc1cccc(NC(=O)C2CC2C(=O)Nc2ccc(F)cc2)c1. The summed E-state index contributed by atoms with van der Waals surface area (Å²) in [7, 11) is 0. The monoisotopic (exact) mass is 312 g/mol. The van der Waals surface area contributed by atoms with E-state index in [4.69, 9.17) is 0 Å². The molecule has 1 fully saturated rings. The topological polar surface area (TPSA) is 58.2 Å². The second-order valence-electron chi connectivity index (χ2n) is 5.80. The van der Waals surface area contributed by atoms with Gasteiger partial charge in [-0.2, -0.15) is 0 Å². The largest absolute Gasteiger partial charge is 0.326 e. The van der Waals surface area contributed by atoms with Gasteiger partial charge in [-0.15, -0.1) is 0 Å². The predicted octanol–water partition coefficient (Wildman–Crippen LogP) is 3.35. The summed E-state index contributed by atoms with van der Waals surface area (Å²) in [6.45, 7) is 1.95. The van der Waals surface area contributed by atoms with Crippen LogP contribution in [0.25, 0.3) is 0 Å². The van der Waals surface area contributed by atoms with Gasteiger partial charge < -0.3 is 10.6 Å². The number of aryl methyl sites for hydroxylation is 1. The van der Waals surface area contributed by atoms with Gasteiger partial charge in [0.25, 0.3) is 0 Å². The smallest absolute Gasteiger partial charge is 0.228 e. The van der Waals surface area contributed by atoms with Crippen LogP contribution in [-0.4, -0.2) is 11.8 Å². The molecule has 0 saturated heterocycles. The Morgan fingerprint density at radius 3 is 2.17 bits per heavy atom. The highest BCUT2D eigenvalue weighted by Gasteiger charge is 2.48.